The average molecular weight is 655 g/mol. The van der Waals surface area contributed by atoms with Gasteiger partial charge in [-0.2, -0.15) is 22.0 Å². The molecule has 0 aliphatic carbocycles. The highest BCUT2D eigenvalue weighted by Crippen LogP contribution is 2.37. The fraction of sp³-hybridized carbons (Fsp3) is 0.821. The largest absolute Gasteiger partial charge is 0.481 e. The number of amides is 3. The number of nitrogens with zero attached hydrogens (tertiary/aromatic N) is 5. The zero-order valence-electron chi connectivity index (χ0n) is 25.7. The summed E-state index contributed by atoms with van der Waals surface area (Å²) in [4.78, 5) is 34.2. The standard InChI is InChI=1S/C28H46N8O8S/c37-24(4-2-1-3-23-26-22(20-45-23)30-27(40)31-26)29-9-11-41-13-15-43-17-18-44-16-14-42-12-10-36-19-21(32-35-36)5-7-28(33-34-28)8-6-25(38)39/h19,22-23,26H,1-18,20H2,(H,29,37)(H,38,39)(H2,30,31,40)/t22-,23-,26-/m0/s1. The second-order valence-electron chi connectivity index (χ2n) is 11.2. The normalized spacial score (nSPS) is 21.0. The number of hydrogen-bond acceptors (Lipinski definition) is 12. The lowest BCUT2D eigenvalue weighted by Crippen LogP contribution is -2.36. The number of unbranched alkanes of at least 4 members (excludes halogenated alkanes) is 1. The van der Waals surface area contributed by atoms with E-state index in [1.54, 1.807) is 4.68 Å². The van der Waals surface area contributed by atoms with E-state index in [1.165, 1.54) is 0 Å². The second-order valence-corrected chi connectivity index (χ2v) is 12.5. The first-order valence-corrected chi connectivity index (χ1v) is 16.8. The van der Waals surface area contributed by atoms with Gasteiger partial charge in [-0.1, -0.05) is 11.6 Å². The van der Waals surface area contributed by atoms with Crippen LogP contribution in [0.1, 0.15) is 50.6 Å². The molecule has 4 heterocycles. The molecular weight excluding hydrogens is 608 g/mol. The Morgan fingerprint density at radius 3 is 2.40 bits per heavy atom. The maximum absolute atomic E-state index is 12.0. The van der Waals surface area contributed by atoms with E-state index in [2.05, 4.69) is 36.5 Å². The number of aryl methyl sites for hydroxylation is 1. The van der Waals surface area contributed by atoms with E-state index in [9.17, 15) is 14.4 Å². The van der Waals surface area contributed by atoms with Crippen LogP contribution >= 0.6 is 11.8 Å². The van der Waals surface area contributed by atoms with E-state index in [0.717, 1.165) is 30.7 Å². The van der Waals surface area contributed by atoms with Crippen molar-refractivity contribution in [2.45, 2.75) is 80.9 Å². The van der Waals surface area contributed by atoms with Gasteiger partial charge < -0.3 is 40.0 Å². The van der Waals surface area contributed by atoms with E-state index in [-0.39, 0.29) is 30.4 Å². The van der Waals surface area contributed by atoms with E-state index in [1.807, 2.05) is 18.0 Å². The predicted molar refractivity (Wildman–Crippen MR) is 163 cm³/mol. The van der Waals surface area contributed by atoms with Crippen molar-refractivity contribution in [2.75, 3.05) is 65.2 Å². The molecule has 0 unspecified atom stereocenters. The first-order valence-electron chi connectivity index (χ1n) is 15.7. The molecule has 16 nitrogen and oxygen atoms in total. The number of carbonyl (C=O) groups is 3. The lowest BCUT2D eigenvalue weighted by atomic mass is 10.0. The van der Waals surface area contributed by atoms with Crippen molar-refractivity contribution in [2.24, 2.45) is 10.2 Å². The molecule has 3 atom stereocenters. The summed E-state index contributed by atoms with van der Waals surface area (Å²) in [5.74, 6) is 0.150. The van der Waals surface area contributed by atoms with Crippen LogP contribution in [-0.4, -0.2) is 126 Å². The smallest absolute Gasteiger partial charge is 0.315 e. The summed E-state index contributed by atoms with van der Waals surface area (Å²) in [5.41, 5.74) is 0.263. The summed E-state index contributed by atoms with van der Waals surface area (Å²) >= 11 is 1.90. The summed E-state index contributed by atoms with van der Waals surface area (Å²) < 4.78 is 23.8. The maximum atomic E-state index is 12.0. The fourth-order valence-electron chi connectivity index (χ4n) is 5.14. The van der Waals surface area contributed by atoms with Crippen LogP contribution in [0.3, 0.4) is 0 Å². The molecule has 2 saturated heterocycles. The van der Waals surface area contributed by atoms with Gasteiger partial charge in [-0.25, -0.2) is 9.48 Å². The van der Waals surface area contributed by atoms with E-state index in [0.29, 0.717) is 96.9 Å². The molecule has 0 saturated carbocycles. The van der Waals surface area contributed by atoms with Crippen LogP contribution in [0, 0.1) is 0 Å². The van der Waals surface area contributed by atoms with Crippen LogP contribution < -0.4 is 16.0 Å². The minimum Gasteiger partial charge on any atom is -0.481 e. The van der Waals surface area contributed by atoms with Gasteiger partial charge in [0.05, 0.1) is 77.2 Å². The second kappa shape index (κ2) is 19.0. The van der Waals surface area contributed by atoms with E-state index >= 15 is 0 Å². The lowest BCUT2D eigenvalue weighted by Gasteiger charge is -2.16. The van der Waals surface area contributed by atoms with Crippen molar-refractivity contribution in [3.8, 4) is 0 Å². The van der Waals surface area contributed by atoms with Gasteiger partial charge in [-0.05, 0) is 19.3 Å². The zero-order valence-corrected chi connectivity index (χ0v) is 26.5. The van der Waals surface area contributed by atoms with Gasteiger partial charge in [-0.15, -0.1) is 5.10 Å². The van der Waals surface area contributed by atoms with Crippen molar-refractivity contribution >= 4 is 29.7 Å². The summed E-state index contributed by atoms with van der Waals surface area (Å²) in [5, 5.41) is 34.4. The minimum absolute atomic E-state index is 0.0368. The van der Waals surface area contributed by atoms with Gasteiger partial charge in [0.1, 0.15) is 0 Å². The van der Waals surface area contributed by atoms with Crippen LogP contribution in [0.15, 0.2) is 16.4 Å². The van der Waals surface area contributed by atoms with Crippen LogP contribution in [0.4, 0.5) is 4.79 Å². The average Bonchev–Trinajstić information content (AvgIpc) is 3.27. The first-order chi connectivity index (χ1) is 21.9. The summed E-state index contributed by atoms with van der Waals surface area (Å²) in [6.07, 6.45) is 6.92. The SMILES string of the molecule is O=C(O)CCC1(CCc2cn(CCOCCOCCOCCOCCNC(=O)CCCC[C@@H]3SC[C@@H]4NC(=O)N[C@@H]43)nn2)N=N1. The molecule has 0 aromatic carbocycles. The number of nitrogens with one attached hydrogen (secondary N) is 3. The Morgan fingerprint density at radius 1 is 0.978 bits per heavy atom. The molecule has 2 fully saturated rings. The van der Waals surface area contributed by atoms with Crippen LogP contribution in [-0.2, 0) is 41.5 Å². The summed E-state index contributed by atoms with van der Waals surface area (Å²) in [7, 11) is 0. The minimum atomic E-state index is -0.842. The molecule has 3 aliphatic rings. The van der Waals surface area contributed by atoms with Crippen molar-refractivity contribution in [3.05, 3.63) is 11.9 Å². The molecule has 1 aromatic heterocycles. The Labute approximate surface area is 267 Å². The summed E-state index contributed by atoms with van der Waals surface area (Å²) in [6.45, 7) is 4.72. The van der Waals surface area contributed by atoms with E-state index < -0.39 is 11.6 Å². The molecule has 3 amide bonds. The van der Waals surface area contributed by atoms with Crippen LogP contribution in [0.25, 0.3) is 0 Å². The number of aromatic nitrogens is 3. The molecule has 1 aromatic rings. The highest BCUT2D eigenvalue weighted by Gasteiger charge is 2.42. The molecule has 3 aliphatic heterocycles. The summed E-state index contributed by atoms with van der Waals surface area (Å²) in [6, 6.07) is 0.397. The van der Waals surface area contributed by atoms with Crippen LogP contribution in [0.2, 0.25) is 0 Å². The molecule has 0 radical (unpaired) electrons. The number of carboxylic acid groups (broad SMARTS) is 1. The Kier molecular flexibility index (Phi) is 14.7. The third-order valence-corrected chi connectivity index (χ3v) is 9.23. The van der Waals surface area contributed by atoms with Gasteiger partial charge in [-0.3, -0.25) is 9.59 Å². The number of carbonyl (C=O) groups excluding carboxylic acids is 2. The van der Waals surface area contributed by atoms with Crippen molar-refractivity contribution in [1.82, 2.24) is 30.9 Å². The van der Waals surface area contributed by atoms with Gasteiger partial charge in [0, 0.05) is 49.4 Å². The third-order valence-electron chi connectivity index (χ3n) is 7.72. The molecule has 17 heteroatoms. The fourth-order valence-corrected chi connectivity index (χ4v) is 6.68. The molecule has 0 bridgehead atoms. The number of carboxylic acids is 1. The number of thioether (sulfide) groups is 1. The molecule has 252 valence electrons. The zero-order chi connectivity index (χ0) is 31.7. The predicted octanol–water partition coefficient (Wildman–Crippen LogP) is 1.15. The number of aliphatic carboxylic acids is 1. The van der Waals surface area contributed by atoms with Crippen LogP contribution in [0.5, 0.6) is 0 Å². The maximum Gasteiger partial charge on any atom is 0.315 e. The molecule has 4 N–H and O–H groups in total. The highest BCUT2D eigenvalue weighted by molar-refractivity contribution is 8.00. The number of urea groups is 1. The lowest BCUT2D eigenvalue weighted by molar-refractivity contribution is -0.137. The quantitative estimate of drug-likeness (QED) is 0.0825. The number of fused-ring (bicyclic) bond motifs is 1. The Hall–Kier alpha value is -2.86. The topological polar surface area (TPSA) is 200 Å². The van der Waals surface area contributed by atoms with Gasteiger partial charge in [0.15, 0.2) is 5.66 Å². The number of ether oxygens (including phenoxy) is 4. The third kappa shape index (κ3) is 13.2. The molecule has 0 spiro atoms. The van der Waals surface area contributed by atoms with Crippen molar-refractivity contribution in [1.29, 1.82) is 0 Å². The Morgan fingerprint density at radius 2 is 1.69 bits per heavy atom. The van der Waals surface area contributed by atoms with Crippen molar-refractivity contribution in [3.63, 3.8) is 0 Å². The first kappa shape index (κ1) is 35.0. The molecule has 4 rings (SSSR count). The highest BCUT2D eigenvalue weighted by atomic mass is 32.2. The monoisotopic (exact) mass is 654 g/mol. The molecular formula is C28H46N8O8S. The number of rotatable bonds is 26. The number of hydrogen-bond donors (Lipinski definition) is 4. The van der Waals surface area contributed by atoms with E-state index in [4.69, 9.17) is 24.1 Å². The van der Waals surface area contributed by atoms with Gasteiger partial charge in [0.2, 0.25) is 5.91 Å². The molecule has 45 heavy (non-hydrogen) atoms. The van der Waals surface area contributed by atoms with Gasteiger partial charge >= 0.3 is 12.0 Å². The van der Waals surface area contributed by atoms with Gasteiger partial charge in [0.25, 0.3) is 0 Å². The Balaban J connectivity index is 0.854. The Bertz CT molecular complexity index is 1100. The van der Waals surface area contributed by atoms with Crippen molar-refractivity contribution < 1.29 is 38.4 Å².